The zero-order valence-electron chi connectivity index (χ0n) is 11.5. The summed E-state index contributed by atoms with van der Waals surface area (Å²) < 4.78 is 0. The SMILES string of the molecule is CCCCCNC(=O)C(C)NC(C)c1cccs1. The van der Waals surface area contributed by atoms with Gasteiger partial charge in [-0.3, -0.25) is 10.1 Å². The Morgan fingerprint density at radius 3 is 2.78 bits per heavy atom. The van der Waals surface area contributed by atoms with E-state index in [0.29, 0.717) is 0 Å². The van der Waals surface area contributed by atoms with E-state index >= 15 is 0 Å². The maximum Gasteiger partial charge on any atom is 0.236 e. The molecule has 0 aliphatic heterocycles. The van der Waals surface area contributed by atoms with Crippen LogP contribution < -0.4 is 10.6 Å². The van der Waals surface area contributed by atoms with Crippen LogP contribution in [0.5, 0.6) is 0 Å². The zero-order valence-corrected chi connectivity index (χ0v) is 12.3. The first-order valence-corrected chi connectivity index (χ1v) is 7.60. The molecule has 0 spiro atoms. The molecule has 102 valence electrons. The molecule has 0 bridgehead atoms. The minimum atomic E-state index is -0.149. The van der Waals surface area contributed by atoms with Crippen LogP contribution in [0, 0.1) is 0 Å². The minimum absolute atomic E-state index is 0.0921. The average Bonchev–Trinajstić information content (AvgIpc) is 2.88. The summed E-state index contributed by atoms with van der Waals surface area (Å²) in [6, 6.07) is 4.20. The van der Waals surface area contributed by atoms with Gasteiger partial charge in [0.2, 0.25) is 5.91 Å². The van der Waals surface area contributed by atoms with Gasteiger partial charge < -0.3 is 5.32 Å². The first-order chi connectivity index (χ1) is 8.65. The molecule has 1 aromatic rings. The summed E-state index contributed by atoms with van der Waals surface area (Å²) in [5, 5.41) is 8.35. The van der Waals surface area contributed by atoms with Crippen LogP contribution in [0.2, 0.25) is 0 Å². The van der Waals surface area contributed by atoms with E-state index in [1.54, 1.807) is 11.3 Å². The largest absolute Gasteiger partial charge is 0.355 e. The molecule has 0 aromatic carbocycles. The van der Waals surface area contributed by atoms with Crippen LogP contribution in [0.4, 0.5) is 0 Å². The van der Waals surface area contributed by atoms with Crippen LogP contribution in [0.1, 0.15) is 51.0 Å². The van der Waals surface area contributed by atoms with Gasteiger partial charge in [0.1, 0.15) is 0 Å². The van der Waals surface area contributed by atoms with Crippen molar-refractivity contribution in [3.05, 3.63) is 22.4 Å². The van der Waals surface area contributed by atoms with E-state index in [2.05, 4.69) is 35.9 Å². The lowest BCUT2D eigenvalue weighted by atomic mass is 10.2. The summed E-state index contributed by atoms with van der Waals surface area (Å²) in [6.45, 7) is 6.95. The summed E-state index contributed by atoms with van der Waals surface area (Å²) >= 11 is 1.71. The zero-order chi connectivity index (χ0) is 13.4. The van der Waals surface area contributed by atoms with Gasteiger partial charge in [-0.2, -0.15) is 0 Å². The average molecular weight is 268 g/mol. The van der Waals surface area contributed by atoms with Crippen molar-refractivity contribution in [1.29, 1.82) is 0 Å². The first kappa shape index (κ1) is 15.2. The fourth-order valence-electron chi connectivity index (χ4n) is 1.81. The van der Waals surface area contributed by atoms with Crippen molar-refractivity contribution in [1.82, 2.24) is 10.6 Å². The van der Waals surface area contributed by atoms with Crippen molar-refractivity contribution in [2.75, 3.05) is 6.54 Å². The number of thiophene rings is 1. The molecule has 0 aliphatic rings. The van der Waals surface area contributed by atoms with Gasteiger partial charge in [0, 0.05) is 17.5 Å². The summed E-state index contributed by atoms with van der Waals surface area (Å²) in [6.07, 6.45) is 3.42. The third-order valence-corrected chi connectivity index (χ3v) is 4.00. The number of hydrogen-bond donors (Lipinski definition) is 2. The van der Waals surface area contributed by atoms with E-state index in [-0.39, 0.29) is 18.0 Å². The third kappa shape index (κ3) is 5.19. The van der Waals surface area contributed by atoms with Crippen molar-refractivity contribution < 1.29 is 4.79 Å². The topological polar surface area (TPSA) is 41.1 Å². The Morgan fingerprint density at radius 2 is 2.17 bits per heavy atom. The van der Waals surface area contributed by atoms with Gasteiger partial charge in [0.05, 0.1) is 6.04 Å². The van der Waals surface area contributed by atoms with Gasteiger partial charge >= 0.3 is 0 Å². The molecular weight excluding hydrogens is 244 g/mol. The summed E-state index contributed by atoms with van der Waals surface area (Å²) in [7, 11) is 0. The smallest absolute Gasteiger partial charge is 0.236 e. The van der Waals surface area contributed by atoms with E-state index in [1.165, 1.54) is 17.7 Å². The van der Waals surface area contributed by atoms with Gasteiger partial charge in [-0.15, -0.1) is 11.3 Å². The molecule has 2 unspecified atom stereocenters. The second kappa shape index (κ2) is 8.27. The number of carbonyl (C=O) groups excluding carboxylic acids is 1. The Labute approximate surface area is 114 Å². The molecule has 0 radical (unpaired) electrons. The molecule has 2 N–H and O–H groups in total. The molecule has 0 saturated heterocycles. The fraction of sp³-hybridized carbons (Fsp3) is 0.643. The van der Waals surface area contributed by atoms with Gasteiger partial charge in [0.15, 0.2) is 0 Å². The standard InChI is InChI=1S/C14H24N2OS/c1-4-5-6-9-15-14(17)12(3)16-11(2)13-8-7-10-18-13/h7-8,10-12,16H,4-6,9H2,1-3H3,(H,15,17). The molecule has 0 aliphatic carbocycles. The molecule has 2 atom stereocenters. The van der Waals surface area contributed by atoms with Crippen molar-refractivity contribution in [3.8, 4) is 0 Å². The van der Waals surface area contributed by atoms with Crippen molar-refractivity contribution in [3.63, 3.8) is 0 Å². The van der Waals surface area contributed by atoms with E-state index in [0.717, 1.165) is 13.0 Å². The first-order valence-electron chi connectivity index (χ1n) is 6.72. The van der Waals surface area contributed by atoms with E-state index in [9.17, 15) is 4.79 Å². The van der Waals surface area contributed by atoms with Gasteiger partial charge in [-0.05, 0) is 31.7 Å². The Kier molecular flexibility index (Phi) is 6.98. The normalized spacial score (nSPS) is 14.2. The second-order valence-corrected chi connectivity index (χ2v) is 5.60. The monoisotopic (exact) mass is 268 g/mol. The number of nitrogens with one attached hydrogen (secondary N) is 2. The highest BCUT2D eigenvalue weighted by Gasteiger charge is 2.15. The Morgan fingerprint density at radius 1 is 1.39 bits per heavy atom. The molecule has 0 saturated carbocycles. The van der Waals surface area contributed by atoms with Gasteiger partial charge in [-0.1, -0.05) is 25.8 Å². The molecule has 1 amide bonds. The molecule has 1 rings (SSSR count). The molecule has 3 nitrogen and oxygen atoms in total. The van der Waals surface area contributed by atoms with Crippen molar-refractivity contribution >= 4 is 17.2 Å². The number of amides is 1. The predicted molar refractivity (Wildman–Crippen MR) is 77.9 cm³/mol. The lowest BCUT2D eigenvalue weighted by molar-refractivity contribution is -0.122. The maximum absolute atomic E-state index is 11.8. The summed E-state index contributed by atoms with van der Waals surface area (Å²) in [4.78, 5) is 13.1. The number of carbonyl (C=O) groups is 1. The predicted octanol–water partition coefficient (Wildman–Crippen LogP) is 3.09. The van der Waals surface area contributed by atoms with Crippen LogP contribution in [0.25, 0.3) is 0 Å². The van der Waals surface area contributed by atoms with Crippen LogP contribution in [0.15, 0.2) is 17.5 Å². The highest BCUT2D eigenvalue weighted by molar-refractivity contribution is 7.10. The molecular formula is C14H24N2OS. The van der Waals surface area contributed by atoms with Crippen LogP contribution >= 0.6 is 11.3 Å². The van der Waals surface area contributed by atoms with Crippen LogP contribution in [-0.4, -0.2) is 18.5 Å². The maximum atomic E-state index is 11.8. The van der Waals surface area contributed by atoms with Crippen molar-refractivity contribution in [2.45, 2.75) is 52.1 Å². The fourth-order valence-corrected chi connectivity index (χ4v) is 2.55. The Hall–Kier alpha value is -0.870. The second-order valence-electron chi connectivity index (χ2n) is 4.62. The molecule has 1 aromatic heterocycles. The van der Waals surface area contributed by atoms with Gasteiger partial charge in [0.25, 0.3) is 0 Å². The number of rotatable bonds is 8. The lowest BCUT2D eigenvalue weighted by Gasteiger charge is -2.18. The van der Waals surface area contributed by atoms with Crippen LogP contribution in [0.3, 0.4) is 0 Å². The Balaban J connectivity index is 2.27. The summed E-state index contributed by atoms with van der Waals surface area (Å²) in [5.74, 6) is 0.0921. The highest BCUT2D eigenvalue weighted by Crippen LogP contribution is 2.18. The van der Waals surface area contributed by atoms with E-state index < -0.39 is 0 Å². The molecule has 18 heavy (non-hydrogen) atoms. The van der Waals surface area contributed by atoms with Crippen molar-refractivity contribution in [2.24, 2.45) is 0 Å². The van der Waals surface area contributed by atoms with E-state index in [4.69, 9.17) is 0 Å². The molecule has 4 heteroatoms. The van der Waals surface area contributed by atoms with Gasteiger partial charge in [-0.25, -0.2) is 0 Å². The summed E-state index contributed by atoms with van der Waals surface area (Å²) in [5.41, 5.74) is 0. The third-order valence-electron chi connectivity index (χ3n) is 2.94. The van der Waals surface area contributed by atoms with Crippen LogP contribution in [-0.2, 0) is 4.79 Å². The molecule has 1 heterocycles. The number of unbranched alkanes of at least 4 members (excludes halogenated alkanes) is 2. The highest BCUT2D eigenvalue weighted by atomic mass is 32.1. The quantitative estimate of drug-likeness (QED) is 0.711. The number of hydrogen-bond acceptors (Lipinski definition) is 3. The lowest BCUT2D eigenvalue weighted by Crippen LogP contribution is -2.43. The van der Waals surface area contributed by atoms with E-state index in [1.807, 2.05) is 13.0 Å². The Bertz CT molecular complexity index is 338. The minimum Gasteiger partial charge on any atom is -0.355 e. The molecule has 0 fully saturated rings.